The number of para-hydroxylation sites is 1. The van der Waals surface area contributed by atoms with Gasteiger partial charge in [0.1, 0.15) is 0 Å². The predicted molar refractivity (Wildman–Crippen MR) is 134 cm³/mol. The maximum Gasteiger partial charge on any atom is 0.338 e. The molecule has 0 aliphatic carbocycles. The Morgan fingerprint density at radius 1 is 0.882 bits per heavy atom. The number of aromatic carboxylic acids is 1. The highest BCUT2D eigenvalue weighted by Gasteiger charge is 2.33. The summed E-state index contributed by atoms with van der Waals surface area (Å²) < 4.78 is 1.61. The van der Waals surface area contributed by atoms with Crippen LogP contribution in [0.15, 0.2) is 83.7 Å². The molecule has 2 heterocycles. The second-order valence-corrected chi connectivity index (χ2v) is 8.69. The first-order chi connectivity index (χ1) is 16.6. The summed E-state index contributed by atoms with van der Waals surface area (Å²) in [4.78, 5) is 29.1. The van der Waals surface area contributed by atoms with Gasteiger partial charge in [-0.3, -0.25) is 14.3 Å². The number of nitrogens with one attached hydrogen (secondary N) is 1. The quantitative estimate of drug-likeness (QED) is 0.478. The Morgan fingerprint density at radius 2 is 1.50 bits per heavy atom. The van der Waals surface area contributed by atoms with Crippen LogP contribution in [0.2, 0.25) is 0 Å². The molecule has 2 N–H and O–H groups in total. The molecule has 172 valence electrons. The Bertz CT molecular complexity index is 1390. The first-order valence-corrected chi connectivity index (χ1v) is 11.5. The fourth-order valence-corrected chi connectivity index (χ4v) is 4.92. The van der Waals surface area contributed by atoms with Gasteiger partial charge < -0.3 is 10.4 Å². The smallest absolute Gasteiger partial charge is 0.338 e. The lowest BCUT2D eigenvalue weighted by molar-refractivity contribution is 0.0693. The highest BCUT2D eigenvalue weighted by Crippen LogP contribution is 2.35. The minimum Gasteiger partial charge on any atom is -0.478 e. The summed E-state index contributed by atoms with van der Waals surface area (Å²) in [5.74, 6) is -1.04. The number of hydrogen-bond donors (Lipinski definition) is 2. The van der Waals surface area contributed by atoms with E-state index >= 15 is 0 Å². The van der Waals surface area contributed by atoms with E-state index in [4.69, 9.17) is 0 Å². The molecule has 0 spiro atoms. The Kier molecular flexibility index (Phi) is 6.01. The van der Waals surface area contributed by atoms with Crippen LogP contribution in [0.3, 0.4) is 0 Å². The van der Waals surface area contributed by atoms with E-state index in [-0.39, 0.29) is 11.1 Å². The van der Waals surface area contributed by atoms with Crippen molar-refractivity contribution in [2.45, 2.75) is 13.0 Å². The molecule has 0 bridgehead atoms. The standard InChI is InChI=1S/C28H27N3O3/c1-19-11-13-20(14-12-19)25(30-17-15-29-16-18-30)26-24(28(33)34)22-9-5-6-10-23(22)27(32)31(26)21-7-3-2-4-8-21/h2-14,25,29H,15-18H2,1H3,(H,33,34). The molecular formula is C28H27N3O3. The molecule has 1 fully saturated rings. The van der Waals surface area contributed by atoms with E-state index in [1.54, 1.807) is 28.8 Å². The van der Waals surface area contributed by atoms with Crippen LogP contribution in [-0.4, -0.2) is 46.7 Å². The van der Waals surface area contributed by atoms with E-state index in [2.05, 4.69) is 10.2 Å². The SMILES string of the molecule is Cc1ccc(C(c2c(C(=O)O)c3ccccc3c(=O)n2-c2ccccc2)N2CCNCC2)cc1. The molecule has 0 saturated carbocycles. The number of rotatable bonds is 5. The minimum absolute atomic E-state index is 0.170. The zero-order valence-electron chi connectivity index (χ0n) is 19.1. The number of benzene rings is 3. The number of carboxylic acids is 1. The van der Waals surface area contributed by atoms with Gasteiger partial charge in [-0.1, -0.05) is 66.2 Å². The second-order valence-electron chi connectivity index (χ2n) is 8.69. The van der Waals surface area contributed by atoms with Crippen LogP contribution in [-0.2, 0) is 0 Å². The van der Waals surface area contributed by atoms with E-state index in [1.165, 1.54) is 0 Å². The van der Waals surface area contributed by atoms with Crippen LogP contribution in [0.4, 0.5) is 0 Å². The summed E-state index contributed by atoms with van der Waals surface area (Å²) in [5, 5.41) is 14.8. The highest BCUT2D eigenvalue weighted by atomic mass is 16.4. The van der Waals surface area contributed by atoms with Gasteiger partial charge in [0.05, 0.1) is 17.3 Å². The van der Waals surface area contributed by atoms with Crippen LogP contribution in [0.5, 0.6) is 0 Å². The predicted octanol–water partition coefficient (Wildman–Crippen LogP) is 3.99. The van der Waals surface area contributed by atoms with Gasteiger partial charge in [0.25, 0.3) is 5.56 Å². The Balaban J connectivity index is 1.92. The van der Waals surface area contributed by atoms with Crippen molar-refractivity contribution >= 4 is 16.7 Å². The molecule has 1 saturated heterocycles. The topological polar surface area (TPSA) is 74.6 Å². The van der Waals surface area contributed by atoms with Crippen molar-refractivity contribution < 1.29 is 9.90 Å². The Labute approximate surface area is 198 Å². The molecule has 5 rings (SSSR count). The van der Waals surface area contributed by atoms with Crippen LogP contribution in [0.25, 0.3) is 16.5 Å². The van der Waals surface area contributed by atoms with E-state index in [9.17, 15) is 14.7 Å². The summed E-state index contributed by atoms with van der Waals surface area (Å²) >= 11 is 0. The number of carbonyl (C=O) groups is 1. The number of nitrogens with zero attached hydrogens (tertiary/aromatic N) is 2. The van der Waals surface area contributed by atoms with Gasteiger partial charge >= 0.3 is 5.97 Å². The van der Waals surface area contributed by atoms with Crippen LogP contribution in [0, 0.1) is 6.92 Å². The second kappa shape index (κ2) is 9.25. The maximum atomic E-state index is 13.9. The zero-order valence-corrected chi connectivity index (χ0v) is 19.1. The maximum absolute atomic E-state index is 13.9. The van der Waals surface area contributed by atoms with Crippen molar-refractivity contribution in [3.63, 3.8) is 0 Å². The van der Waals surface area contributed by atoms with E-state index < -0.39 is 12.0 Å². The minimum atomic E-state index is -1.04. The lowest BCUT2D eigenvalue weighted by Gasteiger charge is -2.37. The normalized spacial score (nSPS) is 15.3. The van der Waals surface area contributed by atoms with Gasteiger partial charge in [-0.2, -0.15) is 0 Å². The summed E-state index contributed by atoms with van der Waals surface area (Å²) in [7, 11) is 0. The molecule has 1 aromatic heterocycles. The monoisotopic (exact) mass is 453 g/mol. The van der Waals surface area contributed by atoms with Crippen LogP contribution >= 0.6 is 0 Å². The van der Waals surface area contributed by atoms with Gasteiger partial charge in [0.15, 0.2) is 0 Å². The number of pyridine rings is 1. The van der Waals surface area contributed by atoms with Crippen molar-refractivity contribution in [1.29, 1.82) is 0 Å². The number of fused-ring (bicyclic) bond motifs is 1. The van der Waals surface area contributed by atoms with E-state index in [0.717, 1.165) is 37.3 Å². The fraction of sp³-hybridized carbons (Fsp3) is 0.214. The molecule has 6 heteroatoms. The number of hydrogen-bond acceptors (Lipinski definition) is 4. The fourth-order valence-electron chi connectivity index (χ4n) is 4.92. The third-order valence-corrected chi connectivity index (χ3v) is 6.52. The van der Waals surface area contributed by atoms with Crippen molar-refractivity contribution in [2.24, 2.45) is 0 Å². The number of aromatic nitrogens is 1. The van der Waals surface area contributed by atoms with Gasteiger partial charge in [0.2, 0.25) is 0 Å². The van der Waals surface area contributed by atoms with Gasteiger partial charge in [-0.25, -0.2) is 4.79 Å². The first kappa shape index (κ1) is 22.1. The zero-order chi connectivity index (χ0) is 23.7. The number of aryl methyl sites for hydroxylation is 1. The first-order valence-electron chi connectivity index (χ1n) is 11.5. The largest absolute Gasteiger partial charge is 0.478 e. The van der Waals surface area contributed by atoms with Crippen molar-refractivity contribution in [3.8, 4) is 5.69 Å². The molecule has 0 radical (unpaired) electrons. The van der Waals surface area contributed by atoms with Gasteiger partial charge in [-0.15, -0.1) is 0 Å². The lowest BCUT2D eigenvalue weighted by atomic mass is 9.92. The number of carboxylic acid groups (broad SMARTS) is 1. The highest BCUT2D eigenvalue weighted by molar-refractivity contribution is 6.04. The summed E-state index contributed by atoms with van der Waals surface area (Å²) in [5.41, 5.74) is 3.20. The Hall–Kier alpha value is -3.74. The molecule has 6 nitrogen and oxygen atoms in total. The van der Waals surface area contributed by atoms with E-state index in [1.807, 2.05) is 61.5 Å². The van der Waals surface area contributed by atoms with Crippen molar-refractivity contribution in [2.75, 3.05) is 26.2 Å². The average molecular weight is 454 g/mol. The van der Waals surface area contributed by atoms with Crippen LogP contribution in [0.1, 0.15) is 33.2 Å². The third kappa shape index (κ3) is 3.91. The van der Waals surface area contributed by atoms with Crippen molar-refractivity contribution in [1.82, 2.24) is 14.8 Å². The molecule has 3 aromatic carbocycles. The molecule has 1 aliphatic rings. The summed E-state index contributed by atoms with van der Waals surface area (Å²) in [6, 6.07) is 24.1. The number of piperazine rings is 1. The molecule has 0 amide bonds. The average Bonchev–Trinajstić information content (AvgIpc) is 2.87. The molecule has 1 atom stereocenters. The Morgan fingerprint density at radius 3 is 2.15 bits per heavy atom. The van der Waals surface area contributed by atoms with E-state index in [0.29, 0.717) is 22.2 Å². The summed E-state index contributed by atoms with van der Waals surface area (Å²) in [6.45, 7) is 5.12. The lowest BCUT2D eigenvalue weighted by Crippen LogP contribution is -2.47. The van der Waals surface area contributed by atoms with Crippen molar-refractivity contribution in [3.05, 3.63) is 112 Å². The molecule has 4 aromatic rings. The molecule has 1 unspecified atom stereocenters. The van der Waals surface area contributed by atoms with Crippen LogP contribution < -0.4 is 10.9 Å². The van der Waals surface area contributed by atoms with Gasteiger partial charge in [-0.05, 0) is 30.7 Å². The summed E-state index contributed by atoms with van der Waals surface area (Å²) in [6.07, 6.45) is 0. The molecule has 34 heavy (non-hydrogen) atoms. The van der Waals surface area contributed by atoms with Gasteiger partial charge in [0, 0.05) is 42.6 Å². The molecule has 1 aliphatic heterocycles. The third-order valence-electron chi connectivity index (χ3n) is 6.52. The molecular weight excluding hydrogens is 426 g/mol.